The SMILES string of the molecule is CC(=O)NCC1CCN(CCCCC(N)=S)CC1. The molecule has 0 spiro atoms. The Balaban J connectivity index is 2.04. The number of hydrogen-bond acceptors (Lipinski definition) is 3. The second-order valence-corrected chi connectivity index (χ2v) is 5.67. The molecule has 0 aromatic rings. The smallest absolute Gasteiger partial charge is 0.216 e. The molecule has 0 atom stereocenters. The van der Waals surface area contributed by atoms with E-state index >= 15 is 0 Å². The second-order valence-electron chi connectivity index (χ2n) is 5.15. The van der Waals surface area contributed by atoms with Crippen LogP contribution in [-0.4, -0.2) is 42.0 Å². The van der Waals surface area contributed by atoms with Gasteiger partial charge in [0.1, 0.15) is 0 Å². The van der Waals surface area contributed by atoms with Crippen LogP contribution in [0.25, 0.3) is 0 Å². The molecule has 1 rings (SSSR count). The third-order valence-corrected chi connectivity index (χ3v) is 3.70. The van der Waals surface area contributed by atoms with Gasteiger partial charge in [0.05, 0.1) is 4.99 Å². The first-order valence-electron chi connectivity index (χ1n) is 6.83. The van der Waals surface area contributed by atoms with Crippen LogP contribution >= 0.6 is 12.2 Å². The Morgan fingerprint density at radius 3 is 2.61 bits per heavy atom. The van der Waals surface area contributed by atoms with Crippen LogP contribution in [0.1, 0.15) is 39.0 Å². The lowest BCUT2D eigenvalue weighted by Gasteiger charge is -2.31. The van der Waals surface area contributed by atoms with Crippen molar-refractivity contribution in [3.63, 3.8) is 0 Å². The van der Waals surface area contributed by atoms with Crippen molar-refractivity contribution in [1.29, 1.82) is 0 Å². The Labute approximate surface area is 115 Å². The first kappa shape index (κ1) is 15.4. The van der Waals surface area contributed by atoms with Gasteiger partial charge in [-0.25, -0.2) is 0 Å². The molecule has 0 radical (unpaired) electrons. The third kappa shape index (κ3) is 6.91. The van der Waals surface area contributed by atoms with E-state index in [0.717, 1.165) is 39.0 Å². The van der Waals surface area contributed by atoms with Gasteiger partial charge in [-0.2, -0.15) is 0 Å². The fourth-order valence-corrected chi connectivity index (χ4v) is 2.48. The molecule has 0 bridgehead atoms. The van der Waals surface area contributed by atoms with Gasteiger partial charge in [-0.1, -0.05) is 12.2 Å². The molecule has 1 aliphatic rings. The van der Waals surface area contributed by atoms with Crippen molar-refractivity contribution in [2.45, 2.75) is 39.0 Å². The molecular weight excluding hydrogens is 246 g/mol. The van der Waals surface area contributed by atoms with Crippen molar-refractivity contribution in [2.24, 2.45) is 11.7 Å². The lowest BCUT2D eigenvalue weighted by Crippen LogP contribution is -2.38. The number of amides is 1. The molecule has 0 saturated carbocycles. The molecule has 1 fully saturated rings. The molecule has 18 heavy (non-hydrogen) atoms. The van der Waals surface area contributed by atoms with E-state index in [1.807, 2.05) is 0 Å². The molecule has 3 N–H and O–H groups in total. The summed E-state index contributed by atoms with van der Waals surface area (Å²) in [6.07, 6.45) is 5.52. The van der Waals surface area contributed by atoms with Gasteiger partial charge in [0.2, 0.25) is 5.91 Å². The fourth-order valence-electron chi connectivity index (χ4n) is 2.34. The second kappa shape index (κ2) is 8.43. The summed E-state index contributed by atoms with van der Waals surface area (Å²) in [5.41, 5.74) is 5.47. The van der Waals surface area contributed by atoms with Crippen LogP contribution in [0.5, 0.6) is 0 Å². The van der Waals surface area contributed by atoms with Crippen molar-refractivity contribution in [3.8, 4) is 0 Å². The summed E-state index contributed by atoms with van der Waals surface area (Å²) in [5.74, 6) is 0.733. The highest BCUT2D eigenvalue weighted by Crippen LogP contribution is 2.16. The summed E-state index contributed by atoms with van der Waals surface area (Å²) in [6.45, 7) is 5.87. The molecule has 1 aliphatic heterocycles. The molecule has 1 saturated heterocycles. The molecule has 0 aliphatic carbocycles. The summed E-state index contributed by atoms with van der Waals surface area (Å²) in [7, 11) is 0. The highest BCUT2D eigenvalue weighted by molar-refractivity contribution is 7.80. The third-order valence-electron chi connectivity index (χ3n) is 3.49. The lowest BCUT2D eigenvalue weighted by molar-refractivity contribution is -0.119. The number of rotatable bonds is 7. The van der Waals surface area contributed by atoms with E-state index in [9.17, 15) is 4.79 Å². The minimum atomic E-state index is 0.0789. The summed E-state index contributed by atoms with van der Waals surface area (Å²) >= 11 is 4.86. The number of carbonyl (C=O) groups excluding carboxylic acids is 1. The van der Waals surface area contributed by atoms with Crippen LogP contribution in [0, 0.1) is 5.92 Å². The van der Waals surface area contributed by atoms with E-state index in [-0.39, 0.29) is 5.91 Å². The Bertz CT molecular complexity index is 275. The summed E-state index contributed by atoms with van der Waals surface area (Å²) in [4.78, 5) is 14.0. The normalized spacial score (nSPS) is 17.6. The molecule has 0 aromatic heterocycles. The zero-order valence-electron chi connectivity index (χ0n) is 11.3. The Morgan fingerprint density at radius 1 is 1.39 bits per heavy atom. The van der Waals surface area contributed by atoms with E-state index in [1.54, 1.807) is 6.92 Å². The molecule has 4 nitrogen and oxygen atoms in total. The molecular formula is C13H25N3OS. The number of likely N-dealkylation sites (tertiary alicyclic amines) is 1. The molecule has 0 unspecified atom stereocenters. The molecule has 1 heterocycles. The summed E-state index contributed by atoms with van der Waals surface area (Å²) in [6, 6.07) is 0. The first-order chi connectivity index (χ1) is 8.58. The fraction of sp³-hybridized carbons (Fsp3) is 0.846. The van der Waals surface area contributed by atoms with Gasteiger partial charge in [0.25, 0.3) is 0 Å². The number of carbonyl (C=O) groups is 1. The van der Waals surface area contributed by atoms with Gasteiger partial charge in [0, 0.05) is 13.5 Å². The van der Waals surface area contributed by atoms with Crippen molar-refractivity contribution in [2.75, 3.05) is 26.2 Å². The molecule has 104 valence electrons. The average molecular weight is 271 g/mol. The highest BCUT2D eigenvalue weighted by Gasteiger charge is 2.18. The van der Waals surface area contributed by atoms with E-state index in [4.69, 9.17) is 18.0 Å². The Hall–Kier alpha value is -0.680. The largest absolute Gasteiger partial charge is 0.393 e. The van der Waals surface area contributed by atoms with Crippen LogP contribution in [0.15, 0.2) is 0 Å². The van der Waals surface area contributed by atoms with E-state index < -0.39 is 0 Å². The quantitative estimate of drug-likeness (QED) is 0.541. The van der Waals surface area contributed by atoms with Crippen LogP contribution in [0.3, 0.4) is 0 Å². The van der Waals surface area contributed by atoms with Gasteiger partial charge < -0.3 is 16.0 Å². The van der Waals surface area contributed by atoms with Gasteiger partial charge in [-0.15, -0.1) is 0 Å². The number of unbranched alkanes of at least 4 members (excludes halogenated alkanes) is 1. The maximum atomic E-state index is 10.8. The number of thiocarbonyl (C=S) groups is 1. The summed E-state index contributed by atoms with van der Waals surface area (Å²) < 4.78 is 0. The molecule has 5 heteroatoms. The maximum absolute atomic E-state index is 10.8. The van der Waals surface area contributed by atoms with E-state index in [2.05, 4.69) is 10.2 Å². The minimum absolute atomic E-state index is 0.0789. The predicted molar refractivity (Wildman–Crippen MR) is 78.5 cm³/mol. The average Bonchev–Trinajstić information content (AvgIpc) is 2.33. The van der Waals surface area contributed by atoms with Gasteiger partial charge in [-0.05, 0) is 57.7 Å². The first-order valence-corrected chi connectivity index (χ1v) is 7.24. The van der Waals surface area contributed by atoms with E-state index in [1.165, 1.54) is 19.3 Å². The predicted octanol–water partition coefficient (Wildman–Crippen LogP) is 1.29. The Morgan fingerprint density at radius 2 is 2.06 bits per heavy atom. The van der Waals surface area contributed by atoms with Crippen molar-refractivity contribution < 1.29 is 4.79 Å². The van der Waals surface area contributed by atoms with Crippen LogP contribution < -0.4 is 11.1 Å². The van der Waals surface area contributed by atoms with Crippen molar-refractivity contribution >= 4 is 23.1 Å². The zero-order valence-corrected chi connectivity index (χ0v) is 12.1. The topological polar surface area (TPSA) is 58.4 Å². The number of nitrogens with two attached hydrogens (primary N) is 1. The van der Waals surface area contributed by atoms with Gasteiger partial charge in [-0.3, -0.25) is 4.79 Å². The molecule has 1 amide bonds. The van der Waals surface area contributed by atoms with Gasteiger partial charge in [0.15, 0.2) is 0 Å². The molecule has 0 aromatic carbocycles. The zero-order chi connectivity index (χ0) is 13.4. The van der Waals surface area contributed by atoms with Crippen LogP contribution in [0.4, 0.5) is 0 Å². The number of piperidine rings is 1. The highest BCUT2D eigenvalue weighted by atomic mass is 32.1. The van der Waals surface area contributed by atoms with E-state index in [0.29, 0.717) is 10.9 Å². The van der Waals surface area contributed by atoms with Crippen LogP contribution in [-0.2, 0) is 4.79 Å². The van der Waals surface area contributed by atoms with Crippen molar-refractivity contribution in [3.05, 3.63) is 0 Å². The minimum Gasteiger partial charge on any atom is -0.393 e. The lowest BCUT2D eigenvalue weighted by atomic mass is 9.96. The number of hydrogen-bond donors (Lipinski definition) is 2. The number of nitrogens with zero attached hydrogens (tertiary/aromatic N) is 1. The Kier molecular flexibility index (Phi) is 7.20. The summed E-state index contributed by atoms with van der Waals surface area (Å²) in [5, 5.41) is 2.91. The maximum Gasteiger partial charge on any atom is 0.216 e. The van der Waals surface area contributed by atoms with Crippen molar-refractivity contribution in [1.82, 2.24) is 10.2 Å². The van der Waals surface area contributed by atoms with Gasteiger partial charge >= 0.3 is 0 Å². The number of nitrogens with one attached hydrogen (secondary N) is 1. The standard InChI is InChI=1S/C13H25N3OS/c1-11(17)15-10-12-5-8-16(9-6-12)7-3-2-4-13(14)18/h12H,2-10H2,1H3,(H2,14,18)(H,15,17). The van der Waals surface area contributed by atoms with Crippen LogP contribution in [0.2, 0.25) is 0 Å². The monoisotopic (exact) mass is 271 g/mol.